The van der Waals surface area contributed by atoms with Crippen LogP contribution in [-0.2, 0) is 4.79 Å². The summed E-state index contributed by atoms with van der Waals surface area (Å²) in [7, 11) is 0. The summed E-state index contributed by atoms with van der Waals surface area (Å²) in [5.41, 5.74) is 0.570. The maximum atomic E-state index is 11.0. The lowest BCUT2D eigenvalue weighted by atomic mass is 10.2. The summed E-state index contributed by atoms with van der Waals surface area (Å²) in [6, 6.07) is 0. The molecule has 1 heterocycles. The largest absolute Gasteiger partial charge is 0.477 e. The first kappa shape index (κ1) is 12.3. The molecule has 0 aromatic carbocycles. The minimum Gasteiger partial charge on any atom is -0.477 e. The second kappa shape index (κ2) is 4.81. The van der Waals surface area contributed by atoms with Gasteiger partial charge in [-0.1, -0.05) is 0 Å². The van der Waals surface area contributed by atoms with Crippen molar-refractivity contribution in [1.29, 1.82) is 0 Å². The van der Waals surface area contributed by atoms with E-state index in [9.17, 15) is 4.79 Å². The molecule has 2 N–H and O–H groups in total. The molecule has 4 nitrogen and oxygen atoms in total. The predicted molar refractivity (Wildman–Crippen MR) is 61.1 cm³/mol. The van der Waals surface area contributed by atoms with Gasteiger partial charge < -0.3 is 10.2 Å². The van der Waals surface area contributed by atoms with Crippen LogP contribution in [0.5, 0.6) is 0 Å². The number of thioether (sulfide) groups is 1. The molecule has 1 rings (SSSR count). The van der Waals surface area contributed by atoms with Gasteiger partial charge in [0.25, 0.3) is 0 Å². The Morgan fingerprint density at radius 1 is 1.60 bits per heavy atom. The summed E-state index contributed by atoms with van der Waals surface area (Å²) in [4.78, 5) is 15.5. The van der Waals surface area contributed by atoms with Crippen LogP contribution < -0.4 is 0 Å². The average Bonchev–Trinajstić information content (AvgIpc) is 2.15. The molecule has 0 fully saturated rings. The van der Waals surface area contributed by atoms with Gasteiger partial charge in [0.2, 0.25) is 0 Å². The Labute approximate surface area is 93.1 Å². The summed E-state index contributed by atoms with van der Waals surface area (Å²) in [5, 5.41) is 17.7. The fourth-order valence-electron chi connectivity index (χ4n) is 1.23. The predicted octanol–water partition coefficient (Wildman–Crippen LogP) is 1.65. The summed E-state index contributed by atoms with van der Waals surface area (Å²) < 4.78 is -0.267. The lowest BCUT2D eigenvalue weighted by Gasteiger charge is -2.24. The van der Waals surface area contributed by atoms with Crippen LogP contribution >= 0.6 is 11.8 Å². The van der Waals surface area contributed by atoms with Crippen LogP contribution in [0.15, 0.2) is 15.6 Å². The van der Waals surface area contributed by atoms with Gasteiger partial charge in [0, 0.05) is 12.8 Å². The van der Waals surface area contributed by atoms with E-state index in [1.807, 2.05) is 13.8 Å². The monoisotopic (exact) mass is 229 g/mol. The van der Waals surface area contributed by atoms with Crippen LogP contribution in [0.2, 0.25) is 0 Å². The van der Waals surface area contributed by atoms with E-state index >= 15 is 0 Å². The van der Waals surface area contributed by atoms with Crippen molar-refractivity contribution in [2.75, 3.05) is 6.61 Å². The van der Waals surface area contributed by atoms with Crippen molar-refractivity contribution in [3.8, 4) is 0 Å². The Kier molecular flexibility index (Phi) is 3.93. The minimum atomic E-state index is -0.933. The summed E-state index contributed by atoms with van der Waals surface area (Å²) in [6.45, 7) is 3.90. The van der Waals surface area contributed by atoms with Crippen LogP contribution in [0.3, 0.4) is 0 Å². The molecule has 5 heteroatoms. The van der Waals surface area contributed by atoms with Crippen LogP contribution in [0.1, 0.15) is 26.7 Å². The van der Waals surface area contributed by atoms with Gasteiger partial charge in [-0.15, -0.1) is 11.8 Å². The molecule has 15 heavy (non-hydrogen) atoms. The zero-order valence-corrected chi connectivity index (χ0v) is 9.67. The van der Waals surface area contributed by atoms with Gasteiger partial charge in [0.15, 0.2) is 0 Å². The Morgan fingerprint density at radius 2 is 2.27 bits per heavy atom. The molecule has 0 aromatic heterocycles. The first-order valence-electron chi connectivity index (χ1n) is 4.78. The van der Waals surface area contributed by atoms with Gasteiger partial charge in [-0.2, -0.15) is 0 Å². The molecule has 0 spiro atoms. The first-order chi connectivity index (χ1) is 6.96. The van der Waals surface area contributed by atoms with E-state index in [4.69, 9.17) is 10.2 Å². The number of aliphatic carboxylic acids is 1. The molecule has 0 atom stereocenters. The number of carboxylic acid groups (broad SMARTS) is 1. The number of nitrogens with zero attached hydrogens (tertiary/aromatic N) is 1. The normalized spacial score (nSPS) is 19.4. The number of aliphatic hydroxyl groups is 1. The van der Waals surface area contributed by atoms with Crippen molar-refractivity contribution >= 4 is 23.9 Å². The third-order valence-electron chi connectivity index (χ3n) is 1.92. The molecule has 0 saturated heterocycles. The quantitative estimate of drug-likeness (QED) is 0.769. The Morgan fingerprint density at radius 3 is 2.80 bits per heavy atom. The maximum absolute atomic E-state index is 11.0. The van der Waals surface area contributed by atoms with E-state index in [-0.39, 0.29) is 11.4 Å². The molecule has 0 aromatic rings. The van der Waals surface area contributed by atoms with E-state index in [2.05, 4.69) is 4.99 Å². The number of allylic oxidation sites excluding steroid dienone is 1. The molecular weight excluding hydrogens is 214 g/mol. The highest BCUT2D eigenvalue weighted by atomic mass is 32.2. The third-order valence-corrected chi connectivity index (χ3v) is 3.17. The van der Waals surface area contributed by atoms with E-state index < -0.39 is 5.97 Å². The smallest absolute Gasteiger partial charge is 0.344 e. The Hall–Kier alpha value is -0.810. The van der Waals surface area contributed by atoms with Gasteiger partial charge in [-0.25, -0.2) is 4.79 Å². The topological polar surface area (TPSA) is 69.9 Å². The summed E-state index contributed by atoms with van der Waals surface area (Å²) in [5.74, 6) is -0.933. The Balaban J connectivity index is 2.88. The van der Waals surface area contributed by atoms with E-state index in [1.54, 1.807) is 6.21 Å². The van der Waals surface area contributed by atoms with Gasteiger partial charge in [-0.05, 0) is 26.7 Å². The molecule has 0 saturated carbocycles. The number of rotatable bonds is 4. The van der Waals surface area contributed by atoms with Crippen LogP contribution in [0.25, 0.3) is 0 Å². The summed E-state index contributed by atoms with van der Waals surface area (Å²) in [6.07, 6.45) is 2.82. The lowest BCUT2D eigenvalue weighted by Crippen LogP contribution is -2.22. The fourth-order valence-corrected chi connectivity index (χ4v) is 2.22. The van der Waals surface area contributed by atoms with Gasteiger partial charge in [0.1, 0.15) is 4.91 Å². The van der Waals surface area contributed by atoms with E-state index in [0.29, 0.717) is 23.4 Å². The second-order valence-corrected chi connectivity index (χ2v) is 5.54. The highest BCUT2D eigenvalue weighted by molar-refractivity contribution is 8.05. The van der Waals surface area contributed by atoms with Crippen molar-refractivity contribution in [2.45, 2.75) is 31.4 Å². The molecule has 0 aliphatic carbocycles. The molecule has 0 unspecified atom stereocenters. The molecule has 1 aliphatic rings. The van der Waals surface area contributed by atoms with E-state index in [1.165, 1.54) is 11.8 Å². The zero-order valence-electron chi connectivity index (χ0n) is 8.86. The highest BCUT2D eigenvalue weighted by Crippen LogP contribution is 2.37. The Bertz CT molecular complexity index is 321. The standard InChI is InChI=1S/C10H15NO3S/c1-10(2)6-11-7(4-3-5-12)8(15-10)9(13)14/h6,12H,3-5H2,1-2H3,(H,13,14). The number of aliphatic imine (C=N–C) groups is 1. The molecule has 0 amide bonds. The summed E-state index contributed by atoms with van der Waals surface area (Å²) >= 11 is 1.30. The highest BCUT2D eigenvalue weighted by Gasteiger charge is 2.28. The van der Waals surface area contributed by atoms with Crippen molar-refractivity contribution in [3.63, 3.8) is 0 Å². The van der Waals surface area contributed by atoms with Crippen LogP contribution in [-0.4, -0.2) is 33.8 Å². The van der Waals surface area contributed by atoms with Gasteiger partial charge >= 0.3 is 5.97 Å². The first-order valence-corrected chi connectivity index (χ1v) is 5.59. The number of aliphatic hydroxyl groups excluding tert-OH is 1. The third kappa shape index (κ3) is 3.35. The number of carboxylic acids is 1. The van der Waals surface area contributed by atoms with Crippen molar-refractivity contribution < 1.29 is 15.0 Å². The van der Waals surface area contributed by atoms with Crippen LogP contribution in [0.4, 0.5) is 0 Å². The van der Waals surface area contributed by atoms with Crippen LogP contribution in [0, 0.1) is 0 Å². The second-order valence-electron chi connectivity index (χ2n) is 3.87. The fraction of sp³-hybridized carbons (Fsp3) is 0.600. The van der Waals surface area contributed by atoms with Crippen molar-refractivity contribution in [3.05, 3.63) is 10.6 Å². The lowest BCUT2D eigenvalue weighted by molar-refractivity contribution is -0.131. The SMILES string of the molecule is CC1(C)C=NC(CCCO)=C(C(=O)O)S1. The van der Waals surface area contributed by atoms with E-state index in [0.717, 1.165) is 0 Å². The van der Waals surface area contributed by atoms with Gasteiger partial charge in [-0.3, -0.25) is 4.99 Å². The van der Waals surface area contributed by atoms with Crippen molar-refractivity contribution in [2.24, 2.45) is 4.99 Å². The average molecular weight is 229 g/mol. The number of hydrogen-bond acceptors (Lipinski definition) is 4. The molecule has 1 aliphatic heterocycles. The molecule has 0 radical (unpaired) electrons. The maximum Gasteiger partial charge on any atom is 0.344 e. The zero-order chi connectivity index (χ0) is 11.5. The molecule has 0 bridgehead atoms. The number of carbonyl (C=O) groups is 1. The molecular formula is C10H15NO3S. The van der Waals surface area contributed by atoms with Crippen molar-refractivity contribution in [1.82, 2.24) is 0 Å². The minimum absolute atomic E-state index is 0.0555. The number of hydrogen-bond donors (Lipinski definition) is 2. The van der Waals surface area contributed by atoms with Gasteiger partial charge in [0.05, 0.1) is 10.4 Å². The molecule has 84 valence electrons.